The standard InChI is InChI=1S/C19H20F4N4O.HI/c1-24-18(26-10-9-25-17(28)13-5-3-2-4-6-13)27-12-14-7-8-15(20)11-16(14)19(21,22)23;/h2-8,11H,9-10,12H2,1H3,(H,25,28)(H2,24,26,27);1H. The molecule has 0 saturated heterocycles. The molecule has 0 radical (unpaired) electrons. The number of benzene rings is 2. The number of carbonyl (C=O) groups is 1. The molecule has 0 aliphatic heterocycles. The Morgan fingerprint density at radius 3 is 2.28 bits per heavy atom. The molecule has 0 bridgehead atoms. The molecule has 0 spiro atoms. The second-order valence-corrected chi connectivity index (χ2v) is 5.77. The van der Waals surface area contributed by atoms with E-state index in [-0.39, 0.29) is 48.0 Å². The van der Waals surface area contributed by atoms with Crippen LogP contribution in [0.15, 0.2) is 53.5 Å². The fraction of sp³-hybridized carbons (Fsp3) is 0.263. The molecule has 0 aromatic heterocycles. The van der Waals surface area contributed by atoms with Crippen LogP contribution in [0.2, 0.25) is 0 Å². The molecule has 0 unspecified atom stereocenters. The average Bonchev–Trinajstić information content (AvgIpc) is 2.68. The van der Waals surface area contributed by atoms with Gasteiger partial charge in [0.25, 0.3) is 5.91 Å². The lowest BCUT2D eigenvalue weighted by Crippen LogP contribution is -2.41. The maximum absolute atomic E-state index is 13.1. The van der Waals surface area contributed by atoms with Crippen molar-refractivity contribution in [1.29, 1.82) is 0 Å². The van der Waals surface area contributed by atoms with Crippen molar-refractivity contribution >= 4 is 35.8 Å². The van der Waals surface area contributed by atoms with E-state index in [0.717, 1.165) is 12.1 Å². The fourth-order valence-corrected chi connectivity index (χ4v) is 2.41. The third-order valence-electron chi connectivity index (χ3n) is 3.79. The Balaban J connectivity index is 0.00000420. The SMILES string of the molecule is CN=C(NCCNC(=O)c1ccccc1)NCc1ccc(F)cc1C(F)(F)F.I. The summed E-state index contributed by atoms with van der Waals surface area (Å²) in [4.78, 5) is 15.8. The van der Waals surface area contributed by atoms with E-state index in [1.54, 1.807) is 30.3 Å². The molecule has 0 fully saturated rings. The Morgan fingerprint density at radius 1 is 1.00 bits per heavy atom. The molecular formula is C19H21F4IN4O. The lowest BCUT2D eigenvalue weighted by Gasteiger charge is -2.16. The normalized spacial score (nSPS) is 11.4. The van der Waals surface area contributed by atoms with Crippen LogP contribution in [-0.4, -0.2) is 32.0 Å². The monoisotopic (exact) mass is 524 g/mol. The van der Waals surface area contributed by atoms with E-state index in [9.17, 15) is 22.4 Å². The maximum Gasteiger partial charge on any atom is 0.416 e. The molecule has 2 rings (SSSR count). The number of guanidine groups is 1. The molecule has 5 nitrogen and oxygen atoms in total. The second-order valence-electron chi connectivity index (χ2n) is 5.77. The summed E-state index contributed by atoms with van der Waals surface area (Å²) in [7, 11) is 1.47. The number of amides is 1. The van der Waals surface area contributed by atoms with Crippen LogP contribution in [0.5, 0.6) is 0 Å². The van der Waals surface area contributed by atoms with E-state index in [4.69, 9.17) is 0 Å². The van der Waals surface area contributed by atoms with Gasteiger partial charge < -0.3 is 16.0 Å². The van der Waals surface area contributed by atoms with Crippen LogP contribution in [0.1, 0.15) is 21.5 Å². The number of halogens is 5. The zero-order chi connectivity index (χ0) is 20.6. The third kappa shape index (κ3) is 7.87. The molecule has 0 aliphatic carbocycles. The summed E-state index contributed by atoms with van der Waals surface area (Å²) >= 11 is 0. The highest BCUT2D eigenvalue weighted by Crippen LogP contribution is 2.32. The first kappa shape index (κ1) is 24.7. The van der Waals surface area contributed by atoms with Gasteiger partial charge in [0.15, 0.2) is 5.96 Å². The summed E-state index contributed by atoms with van der Waals surface area (Å²) < 4.78 is 52.2. The Hall–Kier alpha value is -2.37. The van der Waals surface area contributed by atoms with Gasteiger partial charge in [-0.25, -0.2) is 4.39 Å². The molecule has 0 saturated carbocycles. The molecule has 29 heavy (non-hydrogen) atoms. The van der Waals surface area contributed by atoms with Gasteiger partial charge in [-0.05, 0) is 29.8 Å². The zero-order valence-corrected chi connectivity index (χ0v) is 17.8. The van der Waals surface area contributed by atoms with Crippen molar-refractivity contribution < 1.29 is 22.4 Å². The van der Waals surface area contributed by atoms with Gasteiger partial charge >= 0.3 is 6.18 Å². The van der Waals surface area contributed by atoms with Crippen LogP contribution in [0.25, 0.3) is 0 Å². The first-order valence-electron chi connectivity index (χ1n) is 8.44. The summed E-state index contributed by atoms with van der Waals surface area (Å²) in [5.41, 5.74) is -0.610. The zero-order valence-electron chi connectivity index (χ0n) is 15.5. The Kier molecular flexibility index (Phi) is 9.86. The van der Waals surface area contributed by atoms with Crippen LogP contribution in [0, 0.1) is 5.82 Å². The van der Waals surface area contributed by atoms with Gasteiger partial charge in [-0.3, -0.25) is 9.79 Å². The number of alkyl halides is 3. The topological polar surface area (TPSA) is 65.5 Å². The van der Waals surface area contributed by atoms with E-state index in [0.29, 0.717) is 24.7 Å². The van der Waals surface area contributed by atoms with Crippen LogP contribution in [0.4, 0.5) is 17.6 Å². The van der Waals surface area contributed by atoms with Crippen LogP contribution >= 0.6 is 24.0 Å². The molecule has 3 N–H and O–H groups in total. The minimum atomic E-state index is -4.65. The van der Waals surface area contributed by atoms with Crippen LogP contribution in [0.3, 0.4) is 0 Å². The Morgan fingerprint density at radius 2 is 1.66 bits per heavy atom. The van der Waals surface area contributed by atoms with Crippen molar-refractivity contribution in [2.45, 2.75) is 12.7 Å². The van der Waals surface area contributed by atoms with Gasteiger partial charge in [0, 0.05) is 32.2 Å². The molecule has 2 aromatic carbocycles. The summed E-state index contributed by atoms with van der Waals surface area (Å²) in [5.74, 6) is -0.925. The molecule has 0 aliphatic rings. The summed E-state index contributed by atoms with van der Waals surface area (Å²) in [6.45, 7) is 0.414. The molecule has 1 amide bonds. The average molecular weight is 524 g/mol. The van der Waals surface area contributed by atoms with Crippen molar-refractivity contribution in [3.8, 4) is 0 Å². The van der Waals surface area contributed by atoms with Gasteiger partial charge in [0.1, 0.15) is 5.82 Å². The molecule has 2 aromatic rings. The van der Waals surface area contributed by atoms with Gasteiger partial charge in [-0.1, -0.05) is 24.3 Å². The fourth-order valence-electron chi connectivity index (χ4n) is 2.41. The lowest BCUT2D eigenvalue weighted by molar-refractivity contribution is -0.138. The number of rotatable bonds is 6. The van der Waals surface area contributed by atoms with Crippen molar-refractivity contribution in [3.63, 3.8) is 0 Å². The Bertz CT molecular complexity index is 829. The smallest absolute Gasteiger partial charge is 0.355 e. The van der Waals surface area contributed by atoms with Crippen molar-refractivity contribution in [2.75, 3.05) is 20.1 Å². The summed E-state index contributed by atoms with van der Waals surface area (Å²) in [6.07, 6.45) is -4.65. The molecule has 0 atom stereocenters. The second kappa shape index (κ2) is 11.6. The molecule has 158 valence electrons. The minimum absolute atomic E-state index is 0. The van der Waals surface area contributed by atoms with Gasteiger partial charge in [-0.2, -0.15) is 13.2 Å². The lowest BCUT2D eigenvalue weighted by atomic mass is 10.1. The number of nitrogens with zero attached hydrogens (tertiary/aromatic N) is 1. The number of carbonyl (C=O) groups excluding carboxylic acids is 1. The van der Waals surface area contributed by atoms with E-state index in [1.165, 1.54) is 7.05 Å². The van der Waals surface area contributed by atoms with E-state index in [2.05, 4.69) is 20.9 Å². The highest BCUT2D eigenvalue weighted by atomic mass is 127. The van der Waals surface area contributed by atoms with Gasteiger partial charge in [0.2, 0.25) is 0 Å². The maximum atomic E-state index is 13.1. The molecule has 0 heterocycles. The predicted molar refractivity (Wildman–Crippen MR) is 114 cm³/mol. The van der Waals surface area contributed by atoms with Gasteiger partial charge in [-0.15, -0.1) is 24.0 Å². The quantitative estimate of drug-likeness (QED) is 0.178. The van der Waals surface area contributed by atoms with Crippen molar-refractivity contribution in [1.82, 2.24) is 16.0 Å². The Labute approximate surface area is 183 Å². The van der Waals surface area contributed by atoms with Crippen molar-refractivity contribution in [3.05, 3.63) is 71.0 Å². The highest BCUT2D eigenvalue weighted by molar-refractivity contribution is 14.0. The first-order chi connectivity index (χ1) is 13.3. The van der Waals surface area contributed by atoms with Gasteiger partial charge in [0.05, 0.1) is 5.56 Å². The van der Waals surface area contributed by atoms with E-state index in [1.807, 2.05) is 0 Å². The summed E-state index contributed by atoms with van der Waals surface area (Å²) in [6, 6.07) is 11.2. The largest absolute Gasteiger partial charge is 0.416 e. The number of aliphatic imine (C=N–C) groups is 1. The molecular weight excluding hydrogens is 503 g/mol. The number of hydrogen-bond acceptors (Lipinski definition) is 2. The predicted octanol–water partition coefficient (Wildman–Crippen LogP) is 3.56. The van der Waals surface area contributed by atoms with E-state index >= 15 is 0 Å². The minimum Gasteiger partial charge on any atom is -0.355 e. The first-order valence-corrected chi connectivity index (χ1v) is 8.44. The van der Waals surface area contributed by atoms with Crippen LogP contribution in [-0.2, 0) is 12.7 Å². The highest BCUT2D eigenvalue weighted by Gasteiger charge is 2.33. The van der Waals surface area contributed by atoms with Crippen LogP contribution < -0.4 is 16.0 Å². The third-order valence-corrected chi connectivity index (χ3v) is 3.79. The van der Waals surface area contributed by atoms with E-state index < -0.39 is 17.6 Å². The molecule has 10 heteroatoms. The number of hydrogen-bond donors (Lipinski definition) is 3. The number of nitrogens with one attached hydrogen (secondary N) is 3. The summed E-state index contributed by atoms with van der Waals surface area (Å²) in [5, 5.41) is 8.34. The van der Waals surface area contributed by atoms with Crippen molar-refractivity contribution in [2.24, 2.45) is 4.99 Å².